The van der Waals surface area contributed by atoms with Crippen molar-refractivity contribution in [3.63, 3.8) is 0 Å². The quantitative estimate of drug-likeness (QED) is 0.0438. The summed E-state index contributed by atoms with van der Waals surface area (Å²) in [6.07, 6.45) is 2.00. The number of nitrogens with two attached hydrogens (primary N) is 3. The molecule has 0 aliphatic carbocycles. The number of aryl methyl sites for hydroxylation is 1. The van der Waals surface area contributed by atoms with Gasteiger partial charge in [0.2, 0.25) is 35.4 Å². The summed E-state index contributed by atoms with van der Waals surface area (Å²) in [6, 6.07) is 16.7. The number of hydrogen-bond donors (Lipinski definition) is 11. The van der Waals surface area contributed by atoms with Crippen LogP contribution in [-0.2, 0) is 48.0 Å². The van der Waals surface area contributed by atoms with Gasteiger partial charge in [0.05, 0.1) is 6.10 Å². The number of H-pyrrole nitrogens is 2. The summed E-state index contributed by atoms with van der Waals surface area (Å²) >= 11 is 0. The molecule has 62 heavy (non-hydrogen) atoms. The van der Waals surface area contributed by atoms with Crippen LogP contribution in [0.4, 0.5) is 0 Å². The predicted octanol–water partition coefficient (Wildman–Crippen LogP) is 0.752. The van der Waals surface area contributed by atoms with Crippen LogP contribution in [-0.4, -0.2) is 99.4 Å². The van der Waals surface area contributed by atoms with Crippen LogP contribution >= 0.6 is 0 Å². The molecule has 0 aliphatic rings. The molecule has 17 heteroatoms. The molecule has 0 spiro atoms. The maximum absolute atomic E-state index is 14.4. The van der Waals surface area contributed by atoms with Crippen molar-refractivity contribution < 1.29 is 33.9 Å². The highest BCUT2D eigenvalue weighted by Gasteiger charge is 2.33. The normalized spacial score (nSPS) is 14.7. The van der Waals surface area contributed by atoms with E-state index in [0.717, 1.165) is 38.6 Å². The van der Waals surface area contributed by atoms with E-state index in [4.69, 9.17) is 17.2 Å². The number of benzene rings is 3. The van der Waals surface area contributed by atoms with Crippen LogP contribution in [0.2, 0.25) is 0 Å². The van der Waals surface area contributed by atoms with Crippen LogP contribution in [0.1, 0.15) is 55.5 Å². The average molecular weight is 851 g/mol. The predicted molar refractivity (Wildman–Crippen MR) is 236 cm³/mol. The largest absolute Gasteiger partial charge is 0.391 e. The molecular weight excluding hydrogens is 793 g/mol. The Kier molecular flexibility index (Phi) is 16.4. The highest BCUT2D eigenvalue weighted by atomic mass is 16.3. The number of nitrogens with one attached hydrogen (secondary N) is 7. The lowest BCUT2D eigenvalue weighted by atomic mass is 10.0. The number of primary amides is 1. The molecule has 6 amide bonds. The van der Waals surface area contributed by atoms with Crippen molar-refractivity contribution in [2.24, 2.45) is 17.2 Å². The molecule has 7 atom stereocenters. The second kappa shape index (κ2) is 21.8. The lowest BCUT2D eigenvalue weighted by molar-refractivity contribution is -0.135. The summed E-state index contributed by atoms with van der Waals surface area (Å²) in [5.74, 6) is -4.29. The molecule has 2 aromatic heterocycles. The summed E-state index contributed by atoms with van der Waals surface area (Å²) in [6.45, 7) is 5.04. The zero-order valence-electron chi connectivity index (χ0n) is 35.2. The van der Waals surface area contributed by atoms with Gasteiger partial charge in [-0.05, 0) is 75.4 Å². The van der Waals surface area contributed by atoms with E-state index in [2.05, 4.69) is 36.6 Å². The topological polar surface area (TPSA) is 292 Å². The molecule has 0 saturated heterocycles. The number of rotatable bonds is 22. The molecule has 2 heterocycles. The highest BCUT2D eigenvalue weighted by Crippen LogP contribution is 2.24. The second-order valence-electron chi connectivity index (χ2n) is 15.7. The Balaban J connectivity index is 1.39. The summed E-state index contributed by atoms with van der Waals surface area (Å²) in [5.41, 5.74) is 21.8. The Morgan fingerprint density at radius 2 is 1.19 bits per heavy atom. The molecule has 0 saturated carbocycles. The molecule has 0 unspecified atom stereocenters. The number of amides is 6. The molecule has 0 fully saturated rings. The van der Waals surface area contributed by atoms with Gasteiger partial charge in [-0.25, -0.2) is 0 Å². The molecule has 330 valence electrons. The van der Waals surface area contributed by atoms with Crippen LogP contribution in [0.15, 0.2) is 85.1 Å². The number of hydrogen-bond acceptors (Lipinski definition) is 9. The molecule has 17 nitrogen and oxygen atoms in total. The molecule has 0 bridgehead atoms. The smallest absolute Gasteiger partial charge is 0.243 e. The van der Waals surface area contributed by atoms with Crippen LogP contribution in [0, 0.1) is 6.92 Å². The van der Waals surface area contributed by atoms with Gasteiger partial charge < -0.3 is 58.9 Å². The summed E-state index contributed by atoms with van der Waals surface area (Å²) in [7, 11) is 0. The van der Waals surface area contributed by atoms with E-state index in [0.29, 0.717) is 24.9 Å². The maximum Gasteiger partial charge on any atom is 0.243 e. The van der Waals surface area contributed by atoms with E-state index in [1.807, 2.05) is 61.5 Å². The number of carbonyl (C=O) groups excluding carboxylic acids is 6. The number of aromatic nitrogens is 2. The summed E-state index contributed by atoms with van der Waals surface area (Å²) in [5, 5.41) is 25.3. The van der Waals surface area contributed by atoms with Crippen LogP contribution in [0.3, 0.4) is 0 Å². The Hall–Kier alpha value is -6.56. The number of aliphatic hydroxyl groups excluding tert-OH is 1. The molecule has 3 aromatic carbocycles. The fourth-order valence-corrected chi connectivity index (χ4v) is 7.29. The van der Waals surface area contributed by atoms with Crippen molar-refractivity contribution in [3.05, 3.63) is 107 Å². The fourth-order valence-electron chi connectivity index (χ4n) is 7.29. The molecule has 0 radical (unpaired) electrons. The van der Waals surface area contributed by atoms with E-state index in [1.165, 1.54) is 13.8 Å². The van der Waals surface area contributed by atoms with E-state index >= 15 is 0 Å². The fraction of sp³-hybridized carbons (Fsp3) is 0.378. The van der Waals surface area contributed by atoms with Crippen molar-refractivity contribution >= 4 is 57.2 Å². The summed E-state index contributed by atoms with van der Waals surface area (Å²) in [4.78, 5) is 88.2. The molecule has 0 aliphatic heterocycles. The Morgan fingerprint density at radius 1 is 0.645 bits per heavy atom. The third-order valence-electron chi connectivity index (χ3n) is 10.9. The zero-order chi connectivity index (χ0) is 44.9. The monoisotopic (exact) mass is 850 g/mol. The van der Waals surface area contributed by atoms with Crippen molar-refractivity contribution in [2.45, 2.75) is 102 Å². The minimum atomic E-state index is -1.33. The molecule has 5 rings (SSSR count). The van der Waals surface area contributed by atoms with Gasteiger partial charge in [0, 0.05) is 53.0 Å². The first-order valence-electron chi connectivity index (χ1n) is 20.8. The van der Waals surface area contributed by atoms with Crippen LogP contribution in [0.25, 0.3) is 21.8 Å². The van der Waals surface area contributed by atoms with Gasteiger partial charge in [-0.15, -0.1) is 0 Å². The minimum Gasteiger partial charge on any atom is -0.391 e. The van der Waals surface area contributed by atoms with Crippen LogP contribution in [0.5, 0.6) is 0 Å². The number of para-hydroxylation sites is 2. The van der Waals surface area contributed by atoms with Gasteiger partial charge in [-0.2, -0.15) is 0 Å². The van der Waals surface area contributed by atoms with E-state index in [-0.39, 0.29) is 25.7 Å². The lowest BCUT2D eigenvalue weighted by Crippen LogP contribution is -2.60. The van der Waals surface area contributed by atoms with E-state index in [9.17, 15) is 33.9 Å². The third-order valence-corrected chi connectivity index (χ3v) is 10.9. The van der Waals surface area contributed by atoms with E-state index in [1.54, 1.807) is 30.5 Å². The first kappa shape index (κ1) is 46.5. The second-order valence-corrected chi connectivity index (χ2v) is 15.7. The Bertz CT molecular complexity index is 2340. The molecular formula is C45H58N10O7. The SMILES string of the molecule is Cc1[nH]c2ccccc2c1C[C@@H](NC(=O)[C@H](N)[C@H](C)O)C(=O)N[C@@H](C)C(=O)N[C@@H](Cc1c[nH]c2ccccc12)C(=O)N[C@H](Cc1ccccc1)C(=O)N[C@@H](CCCCN)C(N)=O. The van der Waals surface area contributed by atoms with Gasteiger partial charge in [0.15, 0.2) is 0 Å². The van der Waals surface area contributed by atoms with Gasteiger partial charge >= 0.3 is 0 Å². The van der Waals surface area contributed by atoms with Gasteiger partial charge in [0.25, 0.3) is 0 Å². The first-order chi connectivity index (χ1) is 29.7. The maximum atomic E-state index is 14.4. The minimum absolute atomic E-state index is 0.0132. The number of unbranched alkanes of at least 4 members (excludes halogenated alkanes) is 1. The Morgan fingerprint density at radius 3 is 1.85 bits per heavy atom. The highest BCUT2D eigenvalue weighted by molar-refractivity contribution is 5.97. The van der Waals surface area contributed by atoms with Crippen molar-refractivity contribution in [1.29, 1.82) is 0 Å². The van der Waals surface area contributed by atoms with Crippen molar-refractivity contribution in [3.8, 4) is 0 Å². The van der Waals surface area contributed by atoms with Gasteiger partial charge in [0.1, 0.15) is 36.3 Å². The number of aliphatic hydroxyl groups is 1. The third kappa shape index (κ3) is 12.3. The van der Waals surface area contributed by atoms with E-state index < -0.39 is 77.8 Å². The lowest BCUT2D eigenvalue weighted by Gasteiger charge is -2.26. The summed E-state index contributed by atoms with van der Waals surface area (Å²) < 4.78 is 0. The zero-order valence-corrected chi connectivity index (χ0v) is 35.2. The number of fused-ring (bicyclic) bond motifs is 2. The molecule has 5 aromatic rings. The van der Waals surface area contributed by atoms with Gasteiger partial charge in [-0.3, -0.25) is 28.8 Å². The standard InChI is InChI=1S/C45H58N10O7/c1-25-32(31-16-8-10-18-34(31)50-25)23-38(55-45(62)39(47)27(3)56)42(59)51-26(2)41(58)53-37(22-29-24-49-33-17-9-7-15-30(29)33)44(61)54-36(21-28-13-5-4-6-14-28)43(60)52-35(40(48)57)19-11-12-20-46/h4-10,13-18,24,26-27,35-39,49-50,56H,11-12,19-23,46-47H2,1-3H3,(H2,48,57)(H,51,59)(H,52,60)(H,53,58)(H,54,61)(H,55,62)/t26-,27-,35-,36+,37-,38+,39+/m0/s1. The first-order valence-corrected chi connectivity index (χ1v) is 20.8. The van der Waals surface area contributed by atoms with Gasteiger partial charge in [-0.1, -0.05) is 66.7 Å². The number of carbonyl (C=O) groups is 6. The average Bonchev–Trinajstić information content (AvgIpc) is 3.81. The van der Waals surface area contributed by atoms with Crippen molar-refractivity contribution in [2.75, 3.05) is 6.54 Å². The van der Waals surface area contributed by atoms with Crippen LogP contribution < -0.4 is 43.8 Å². The van der Waals surface area contributed by atoms with Crippen molar-refractivity contribution in [1.82, 2.24) is 36.6 Å². The molecule has 14 N–H and O–H groups in total. The Labute approximate surface area is 359 Å². The number of aromatic amines is 2.